The van der Waals surface area contributed by atoms with Crippen LogP contribution in [0.3, 0.4) is 0 Å². The number of hydrogen-bond acceptors (Lipinski definition) is 5. The molecule has 1 N–H and O–H groups in total. The van der Waals surface area contributed by atoms with Crippen molar-refractivity contribution in [2.75, 3.05) is 12.9 Å². The van der Waals surface area contributed by atoms with Crippen molar-refractivity contribution in [3.8, 4) is 17.1 Å². The van der Waals surface area contributed by atoms with Gasteiger partial charge in [-0.05, 0) is 29.8 Å². The molecule has 3 rings (SSSR count). The molecule has 3 aromatic rings. The topological polar surface area (TPSA) is 64.4 Å². The number of benzene rings is 2. The molecule has 0 radical (unpaired) electrons. The summed E-state index contributed by atoms with van der Waals surface area (Å²) >= 11 is 4.70. The number of carbonyl (C=O) groups is 1. The maximum absolute atomic E-state index is 12.0. The molecule has 0 saturated carbocycles. The van der Waals surface area contributed by atoms with Crippen LogP contribution in [0.5, 0.6) is 5.75 Å². The molecular formula is C19H17BrN2O3S. The number of rotatable bonds is 7. The van der Waals surface area contributed by atoms with E-state index in [-0.39, 0.29) is 11.7 Å². The number of nitrogens with one attached hydrogen (secondary N) is 1. The Labute approximate surface area is 164 Å². The zero-order valence-corrected chi connectivity index (χ0v) is 16.5. The highest BCUT2D eigenvalue weighted by Crippen LogP contribution is 2.27. The Hall–Kier alpha value is -2.25. The molecule has 26 heavy (non-hydrogen) atoms. The lowest BCUT2D eigenvalue weighted by Crippen LogP contribution is -2.24. The van der Waals surface area contributed by atoms with Gasteiger partial charge >= 0.3 is 0 Å². The van der Waals surface area contributed by atoms with Crippen molar-refractivity contribution in [1.29, 1.82) is 0 Å². The molecule has 1 amide bonds. The van der Waals surface area contributed by atoms with E-state index in [2.05, 4.69) is 26.2 Å². The van der Waals surface area contributed by atoms with Crippen LogP contribution in [0.1, 0.15) is 5.56 Å². The highest BCUT2D eigenvalue weighted by Gasteiger charge is 2.10. The summed E-state index contributed by atoms with van der Waals surface area (Å²) in [6.07, 6.45) is 1.66. The summed E-state index contributed by atoms with van der Waals surface area (Å²) in [6, 6.07) is 15.4. The van der Waals surface area contributed by atoms with E-state index in [4.69, 9.17) is 9.15 Å². The number of amides is 1. The number of halogens is 1. The standard InChI is InChI=1S/C19H17BrN2O3S/c1-24-16-7-2-4-13(8-16)10-21-18(23)12-26-19-22-11-17(25-19)14-5-3-6-15(20)9-14/h2-9,11H,10,12H2,1H3,(H,21,23). The van der Waals surface area contributed by atoms with Gasteiger partial charge in [0.25, 0.3) is 5.22 Å². The van der Waals surface area contributed by atoms with E-state index in [9.17, 15) is 4.79 Å². The van der Waals surface area contributed by atoms with Gasteiger partial charge in [-0.25, -0.2) is 4.98 Å². The molecule has 0 unspecified atom stereocenters. The summed E-state index contributed by atoms with van der Waals surface area (Å²) in [5, 5.41) is 3.34. The van der Waals surface area contributed by atoms with Gasteiger partial charge in [0, 0.05) is 16.6 Å². The van der Waals surface area contributed by atoms with Gasteiger partial charge in [-0.3, -0.25) is 4.79 Å². The van der Waals surface area contributed by atoms with Crippen molar-refractivity contribution >= 4 is 33.6 Å². The Kier molecular flexibility index (Phi) is 6.35. The summed E-state index contributed by atoms with van der Waals surface area (Å²) in [4.78, 5) is 16.2. The van der Waals surface area contributed by atoms with Crippen LogP contribution in [0, 0.1) is 0 Å². The highest BCUT2D eigenvalue weighted by atomic mass is 79.9. The second-order valence-electron chi connectivity index (χ2n) is 5.42. The van der Waals surface area contributed by atoms with Crippen LogP contribution in [0.4, 0.5) is 0 Å². The van der Waals surface area contributed by atoms with E-state index in [1.54, 1.807) is 13.3 Å². The van der Waals surface area contributed by atoms with Crippen molar-refractivity contribution in [2.45, 2.75) is 11.8 Å². The SMILES string of the molecule is COc1cccc(CNC(=O)CSc2ncc(-c3cccc(Br)c3)o2)c1. The number of aromatic nitrogens is 1. The summed E-state index contributed by atoms with van der Waals surface area (Å²) in [5.74, 6) is 1.60. The molecule has 0 bridgehead atoms. The maximum Gasteiger partial charge on any atom is 0.256 e. The zero-order chi connectivity index (χ0) is 18.4. The quantitative estimate of drug-likeness (QED) is 0.555. The van der Waals surface area contributed by atoms with Gasteiger partial charge in [-0.2, -0.15) is 0 Å². The third-order valence-electron chi connectivity index (χ3n) is 3.54. The molecule has 0 saturated heterocycles. The lowest BCUT2D eigenvalue weighted by atomic mass is 10.2. The first-order valence-electron chi connectivity index (χ1n) is 7.88. The monoisotopic (exact) mass is 432 g/mol. The molecule has 1 heterocycles. The van der Waals surface area contributed by atoms with Gasteiger partial charge in [0.05, 0.1) is 19.1 Å². The molecule has 0 aliphatic rings. The van der Waals surface area contributed by atoms with Crippen LogP contribution in [-0.4, -0.2) is 23.8 Å². The first kappa shape index (κ1) is 18.5. The predicted molar refractivity (Wildman–Crippen MR) is 105 cm³/mol. The van der Waals surface area contributed by atoms with E-state index in [0.717, 1.165) is 21.3 Å². The molecular weight excluding hydrogens is 416 g/mol. The van der Waals surface area contributed by atoms with Crippen LogP contribution in [0.2, 0.25) is 0 Å². The Morgan fingerprint density at radius 3 is 2.92 bits per heavy atom. The van der Waals surface area contributed by atoms with Gasteiger partial charge in [-0.1, -0.05) is 52.0 Å². The van der Waals surface area contributed by atoms with E-state index in [1.165, 1.54) is 11.8 Å². The van der Waals surface area contributed by atoms with Gasteiger partial charge in [0.1, 0.15) is 5.75 Å². The van der Waals surface area contributed by atoms with Crippen molar-refractivity contribution in [2.24, 2.45) is 0 Å². The minimum atomic E-state index is -0.0833. The zero-order valence-electron chi connectivity index (χ0n) is 14.1. The van der Waals surface area contributed by atoms with Gasteiger partial charge in [-0.15, -0.1) is 0 Å². The van der Waals surface area contributed by atoms with E-state index < -0.39 is 0 Å². The number of carbonyl (C=O) groups excluding carboxylic acids is 1. The van der Waals surface area contributed by atoms with Crippen molar-refractivity contribution < 1.29 is 13.9 Å². The van der Waals surface area contributed by atoms with E-state index in [1.807, 2.05) is 48.5 Å². The Bertz CT molecular complexity index is 898. The minimum absolute atomic E-state index is 0.0833. The van der Waals surface area contributed by atoms with Crippen LogP contribution >= 0.6 is 27.7 Å². The van der Waals surface area contributed by atoms with Crippen molar-refractivity contribution in [1.82, 2.24) is 10.3 Å². The fraction of sp³-hybridized carbons (Fsp3) is 0.158. The van der Waals surface area contributed by atoms with Crippen LogP contribution in [-0.2, 0) is 11.3 Å². The number of thioether (sulfide) groups is 1. The lowest BCUT2D eigenvalue weighted by Gasteiger charge is -2.06. The van der Waals surface area contributed by atoms with Gasteiger partial charge in [0.2, 0.25) is 5.91 Å². The number of nitrogens with zero attached hydrogens (tertiary/aromatic N) is 1. The fourth-order valence-corrected chi connectivity index (χ4v) is 3.29. The average Bonchev–Trinajstić information content (AvgIpc) is 3.14. The van der Waals surface area contributed by atoms with Crippen LogP contribution in [0.25, 0.3) is 11.3 Å². The smallest absolute Gasteiger partial charge is 0.256 e. The summed E-state index contributed by atoms with van der Waals surface area (Å²) in [7, 11) is 1.62. The van der Waals surface area contributed by atoms with Gasteiger partial charge in [0.15, 0.2) is 5.76 Å². The molecule has 0 atom stereocenters. The summed E-state index contributed by atoms with van der Waals surface area (Å²) < 4.78 is 11.8. The highest BCUT2D eigenvalue weighted by molar-refractivity contribution is 9.10. The van der Waals surface area contributed by atoms with Crippen LogP contribution in [0.15, 0.2) is 68.8 Å². The number of ether oxygens (including phenoxy) is 1. The molecule has 0 fully saturated rings. The largest absolute Gasteiger partial charge is 0.497 e. The predicted octanol–water partition coefficient (Wildman–Crippen LogP) is 4.52. The Morgan fingerprint density at radius 2 is 2.12 bits per heavy atom. The van der Waals surface area contributed by atoms with Crippen LogP contribution < -0.4 is 10.1 Å². The molecule has 2 aromatic carbocycles. The third-order valence-corrected chi connectivity index (χ3v) is 4.88. The molecule has 134 valence electrons. The maximum atomic E-state index is 12.0. The summed E-state index contributed by atoms with van der Waals surface area (Å²) in [6.45, 7) is 0.450. The van der Waals surface area contributed by atoms with Gasteiger partial charge < -0.3 is 14.5 Å². The molecule has 7 heteroatoms. The second-order valence-corrected chi connectivity index (χ2v) is 7.26. The first-order chi connectivity index (χ1) is 12.6. The van der Waals surface area contributed by atoms with E-state index >= 15 is 0 Å². The normalized spacial score (nSPS) is 10.5. The van der Waals surface area contributed by atoms with Crippen molar-refractivity contribution in [3.05, 3.63) is 64.8 Å². The van der Waals surface area contributed by atoms with E-state index in [0.29, 0.717) is 17.5 Å². The second kappa shape index (κ2) is 8.91. The molecule has 0 aliphatic carbocycles. The number of oxazole rings is 1. The van der Waals surface area contributed by atoms with Crippen molar-refractivity contribution in [3.63, 3.8) is 0 Å². The Balaban J connectivity index is 1.50. The average molecular weight is 433 g/mol. The number of methoxy groups -OCH3 is 1. The third kappa shape index (κ3) is 5.12. The molecule has 5 nitrogen and oxygen atoms in total. The fourth-order valence-electron chi connectivity index (χ4n) is 2.26. The summed E-state index contributed by atoms with van der Waals surface area (Å²) in [5.41, 5.74) is 1.91. The lowest BCUT2D eigenvalue weighted by molar-refractivity contribution is -0.118. The number of hydrogen-bond donors (Lipinski definition) is 1. The Morgan fingerprint density at radius 1 is 1.27 bits per heavy atom. The first-order valence-corrected chi connectivity index (χ1v) is 9.66. The minimum Gasteiger partial charge on any atom is -0.497 e. The molecule has 0 spiro atoms. The molecule has 0 aliphatic heterocycles. The molecule has 1 aromatic heterocycles.